The van der Waals surface area contributed by atoms with Gasteiger partial charge in [-0.1, -0.05) is 6.07 Å². The third kappa shape index (κ3) is 6.53. The van der Waals surface area contributed by atoms with Crippen molar-refractivity contribution in [2.75, 3.05) is 46.9 Å². The van der Waals surface area contributed by atoms with Gasteiger partial charge in [-0.25, -0.2) is 4.79 Å². The van der Waals surface area contributed by atoms with Gasteiger partial charge in [0.1, 0.15) is 18.2 Å². The number of piperidine rings is 1. The topological polar surface area (TPSA) is 231 Å². The van der Waals surface area contributed by atoms with Gasteiger partial charge in [0.15, 0.2) is 23.6 Å². The first kappa shape index (κ1) is 35.3. The predicted molar refractivity (Wildman–Crippen MR) is 179 cm³/mol. The maximum absolute atomic E-state index is 13.4. The SMILES string of the molecule is COc1ccc2c3c1O[C@H]1C(OC(=O)N(C)CCNC(=O)[C@@H](CCCN=C(N)N)NC(=O)CC(=O)O)=CC[C@@]4(O)C(C2)N(CC2CC2)CCC314. The lowest BCUT2D eigenvalue weighted by Crippen LogP contribution is -2.75. The van der Waals surface area contributed by atoms with E-state index in [2.05, 4.69) is 26.6 Å². The Balaban J connectivity index is 1.12. The Morgan fingerprint density at radius 3 is 2.72 bits per heavy atom. The Morgan fingerprint density at radius 2 is 2.02 bits per heavy atom. The number of nitrogens with one attached hydrogen (secondary N) is 2. The quantitative estimate of drug-likeness (QED) is 0.0613. The van der Waals surface area contributed by atoms with E-state index in [4.69, 9.17) is 30.8 Å². The molecule has 1 spiro atoms. The lowest BCUT2D eigenvalue weighted by molar-refractivity contribution is -0.169. The summed E-state index contributed by atoms with van der Waals surface area (Å²) in [4.78, 5) is 57.1. The Hall–Kier alpha value is -4.57. The highest BCUT2D eigenvalue weighted by atomic mass is 16.6. The number of hydrogen-bond donors (Lipinski definition) is 6. The van der Waals surface area contributed by atoms with E-state index in [0.29, 0.717) is 48.9 Å². The molecule has 3 amide bonds. The summed E-state index contributed by atoms with van der Waals surface area (Å²) < 4.78 is 18.3. The summed E-state index contributed by atoms with van der Waals surface area (Å²) in [6.07, 6.45) is 4.17. The van der Waals surface area contributed by atoms with Crippen LogP contribution in [0.4, 0.5) is 4.79 Å². The molecule has 2 heterocycles. The van der Waals surface area contributed by atoms with Crippen LogP contribution in [0.25, 0.3) is 0 Å². The maximum Gasteiger partial charge on any atom is 0.414 e. The molecule has 1 aromatic carbocycles. The highest BCUT2D eigenvalue weighted by Gasteiger charge is 2.72. The Labute approximate surface area is 290 Å². The molecule has 0 aromatic heterocycles. The lowest BCUT2D eigenvalue weighted by Gasteiger charge is -2.62. The summed E-state index contributed by atoms with van der Waals surface area (Å²) in [5.74, 6) is -0.639. The van der Waals surface area contributed by atoms with E-state index in [0.717, 1.165) is 24.2 Å². The number of aliphatic carboxylic acids is 1. The minimum absolute atomic E-state index is 0.0246. The minimum atomic E-state index is -1.33. The third-order valence-corrected chi connectivity index (χ3v) is 10.8. The van der Waals surface area contributed by atoms with E-state index >= 15 is 0 Å². The number of ether oxygens (including phenoxy) is 3. The van der Waals surface area contributed by atoms with Gasteiger partial charge in [-0.15, -0.1) is 0 Å². The van der Waals surface area contributed by atoms with E-state index in [1.54, 1.807) is 13.2 Å². The number of hydrogen-bond acceptors (Lipinski definition) is 10. The maximum atomic E-state index is 13.4. The molecule has 2 bridgehead atoms. The number of nitrogens with zero attached hydrogens (tertiary/aromatic N) is 3. The van der Waals surface area contributed by atoms with Crippen molar-refractivity contribution < 1.29 is 43.6 Å². The molecule has 3 aliphatic carbocycles. The number of nitrogens with two attached hydrogens (primary N) is 2. The number of aliphatic imine (C=N–C) groups is 1. The van der Waals surface area contributed by atoms with Crippen molar-refractivity contribution >= 4 is 29.8 Å². The molecule has 272 valence electrons. The molecule has 0 radical (unpaired) electrons. The van der Waals surface area contributed by atoms with Crippen LogP contribution in [-0.2, 0) is 31.0 Å². The molecule has 5 atom stereocenters. The van der Waals surface area contributed by atoms with E-state index in [1.165, 1.54) is 24.8 Å². The Morgan fingerprint density at radius 1 is 1.24 bits per heavy atom. The molecule has 2 unspecified atom stereocenters. The Kier molecular flexibility index (Phi) is 9.86. The van der Waals surface area contributed by atoms with Crippen molar-refractivity contribution in [1.82, 2.24) is 20.4 Å². The van der Waals surface area contributed by atoms with Crippen LogP contribution in [0.5, 0.6) is 11.5 Å². The van der Waals surface area contributed by atoms with Gasteiger partial charge in [0.05, 0.1) is 18.1 Å². The van der Waals surface area contributed by atoms with Gasteiger partial charge >= 0.3 is 12.1 Å². The van der Waals surface area contributed by atoms with Crippen LogP contribution in [0.1, 0.15) is 56.1 Å². The van der Waals surface area contributed by atoms with Crippen LogP contribution in [0.2, 0.25) is 0 Å². The zero-order chi connectivity index (χ0) is 35.8. The number of amides is 3. The van der Waals surface area contributed by atoms with Crippen LogP contribution < -0.4 is 31.6 Å². The second-order valence-electron chi connectivity index (χ2n) is 14.0. The molecule has 1 saturated carbocycles. The molecule has 2 fully saturated rings. The number of carbonyl (C=O) groups is 4. The van der Waals surface area contributed by atoms with Crippen molar-refractivity contribution in [3.05, 3.63) is 35.1 Å². The van der Waals surface area contributed by atoms with E-state index in [1.807, 2.05) is 6.07 Å². The summed E-state index contributed by atoms with van der Waals surface area (Å²) in [5, 5.41) is 26.7. The normalized spacial score (nSPS) is 26.3. The van der Waals surface area contributed by atoms with Gasteiger partial charge in [-0.2, -0.15) is 0 Å². The van der Waals surface area contributed by atoms with E-state index in [9.17, 15) is 24.3 Å². The largest absolute Gasteiger partial charge is 0.493 e. The number of methoxy groups -OCH3 is 1. The molecular formula is C34H47N7O9. The van der Waals surface area contributed by atoms with Crippen molar-refractivity contribution in [1.29, 1.82) is 0 Å². The average Bonchev–Trinajstić information content (AvgIpc) is 3.81. The molecule has 16 heteroatoms. The van der Waals surface area contributed by atoms with Gasteiger partial charge in [0, 0.05) is 51.3 Å². The van der Waals surface area contributed by atoms with Crippen molar-refractivity contribution in [3.63, 3.8) is 0 Å². The van der Waals surface area contributed by atoms with Gasteiger partial charge in [0.2, 0.25) is 11.8 Å². The molecular weight excluding hydrogens is 650 g/mol. The van der Waals surface area contributed by atoms with Gasteiger partial charge in [0.25, 0.3) is 0 Å². The predicted octanol–water partition coefficient (Wildman–Crippen LogP) is -0.0492. The first-order chi connectivity index (χ1) is 23.9. The van der Waals surface area contributed by atoms with Crippen LogP contribution in [-0.4, -0.2) is 121 Å². The highest BCUT2D eigenvalue weighted by molar-refractivity contribution is 5.96. The smallest absolute Gasteiger partial charge is 0.414 e. The molecule has 5 aliphatic rings. The molecule has 2 aliphatic heterocycles. The average molecular weight is 698 g/mol. The van der Waals surface area contributed by atoms with Crippen LogP contribution in [0.3, 0.4) is 0 Å². The summed E-state index contributed by atoms with van der Waals surface area (Å²) in [5.41, 5.74) is 10.8. The van der Waals surface area contributed by atoms with E-state index < -0.39 is 53.5 Å². The van der Waals surface area contributed by atoms with E-state index in [-0.39, 0.29) is 38.1 Å². The number of carboxylic acid groups (broad SMARTS) is 1. The monoisotopic (exact) mass is 697 g/mol. The summed E-state index contributed by atoms with van der Waals surface area (Å²) >= 11 is 0. The number of benzene rings is 1. The minimum Gasteiger partial charge on any atom is -0.493 e. The second-order valence-corrected chi connectivity index (χ2v) is 14.0. The molecule has 50 heavy (non-hydrogen) atoms. The fourth-order valence-corrected chi connectivity index (χ4v) is 8.21. The van der Waals surface area contributed by atoms with Crippen molar-refractivity contribution in [2.24, 2.45) is 22.4 Å². The fraction of sp³-hybridized carbons (Fsp3) is 0.618. The van der Waals surface area contributed by atoms with Gasteiger partial charge in [-0.3, -0.25) is 24.3 Å². The number of rotatable bonds is 15. The number of guanidine groups is 1. The molecule has 16 nitrogen and oxygen atoms in total. The van der Waals surface area contributed by atoms with Gasteiger partial charge < -0.3 is 51.4 Å². The van der Waals surface area contributed by atoms with Crippen molar-refractivity contribution in [2.45, 2.75) is 80.6 Å². The Bertz CT molecular complexity index is 1590. The zero-order valence-electron chi connectivity index (χ0n) is 28.5. The second kappa shape index (κ2) is 14.0. The first-order valence-corrected chi connectivity index (χ1v) is 17.2. The van der Waals surface area contributed by atoms with Crippen LogP contribution in [0, 0.1) is 5.92 Å². The number of carboxylic acids is 1. The van der Waals surface area contributed by atoms with Crippen LogP contribution >= 0.6 is 0 Å². The number of likely N-dealkylation sites (N-methyl/N-ethyl adjacent to an activating group) is 1. The third-order valence-electron chi connectivity index (χ3n) is 10.8. The molecule has 6 rings (SSSR count). The summed E-state index contributed by atoms with van der Waals surface area (Å²) in [7, 11) is 3.12. The number of carbonyl (C=O) groups excluding carboxylic acids is 3. The molecule has 1 saturated heterocycles. The van der Waals surface area contributed by atoms with Crippen molar-refractivity contribution in [3.8, 4) is 11.5 Å². The highest BCUT2D eigenvalue weighted by Crippen LogP contribution is 2.65. The fourth-order valence-electron chi connectivity index (χ4n) is 8.21. The van der Waals surface area contributed by atoms with Crippen LogP contribution in [0.15, 0.2) is 29.0 Å². The summed E-state index contributed by atoms with van der Waals surface area (Å²) in [6, 6.07) is 2.84. The molecule has 1 aromatic rings. The first-order valence-electron chi connectivity index (χ1n) is 17.2. The standard InChI is InChI=1S/C34H47N7O9/c1-40(15-13-37-30(45)21(4-3-12-38-31(35)36)39-25(42)17-26(43)44)32(46)49-23-9-10-34(47)24-16-20-7-8-22(48-2)28-27(20)33(34,29(23)50-28)11-14-41(24)18-19-5-6-19/h7-9,19,21,24,29,47H,3-6,10-18H2,1-2H3,(H,37,45)(H,39,42)(H,43,44)(H4,35,36,38)/t21-,24?,29+,33?,34-/m1/s1. The number of likely N-dealkylation sites (tertiary alicyclic amines) is 1. The lowest BCUT2D eigenvalue weighted by atomic mass is 9.50. The zero-order valence-corrected chi connectivity index (χ0v) is 28.5. The number of aliphatic hydroxyl groups is 1. The summed E-state index contributed by atoms with van der Waals surface area (Å²) in [6.45, 7) is 2.07. The van der Waals surface area contributed by atoms with Gasteiger partial charge in [-0.05, 0) is 68.7 Å². The molecule has 8 N–H and O–H groups in total.